The van der Waals surface area contributed by atoms with E-state index in [9.17, 15) is 4.79 Å². The lowest BCUT2D eigenvalue weighted by atomic mass is 10.2. The number of benzene rings is 1. The zero-order chi connectivity index (χ0) is 9.82. The van der Waals surface area contributed by atoms with Crippen molar-refractivity contribution in [2.24, 2.45) is 23.4 Å². The van der Waals surface area contributed by atoms with Crippen molar-refractivity contribution in [2.45, 2.75) is 0 Å². The van der Waals surface area contributed by atoms with Crippen LogP contribution in [0.2, 0.25) is 0 Å². The number of hydrazine groups is 2. The molecule has 0 unspecified atom stereocenters. The van der Waals surface area contributed by atoms with Crippen molar-refractivity contribution >= 4 is 6.29 Å². The van der Waals surface area contributed by atoms with Crippen LogP contribution < -0.4 is 23.4 Å². The molecule has 0 radical (unpaired) electrons. The van der Waals surface area contributed by atoms with Gasteiger partial charge in [0.25, 0.3) is 0 Å². The van der Waals surface area contributed by atoms with Gasteiger partial charge in [-0.25, -0.2) is 0 Å². The first kappa shape index (κ1) is 17.7. The largest absolute Gasteiger partial charge is 0.412 e. The van der Waals surface area contributed by atoms with Crippen LogP contribution in [0.15, 0.2) is 30.3 Å². The van der Waals surface area contributed by atoms with Gasteiger partial charge in [0.15, 0.2) is 0 Å². The first-order chi connectivity index (χ1) is 5.93. The molecule has 0 fully saturated rings. The normalized spacial score (nSPS) is 6.15. The highest BCUT2D eigenvalue weighted by atomic mass is 16.1. The number of rotatable bonds is 1. The zero-order valence-electron chi connectivity index (χ0n) is 7.18. The second-order valence-corrected chi connectivity index (χ2v) is 1.53. The average molecular weight is 188 g/mol. The summed E-state index contributed by atoms with van der Waals surface area (Å²) in [5.74, 6) is 16.0. The van der Waals surface area contributed by atoms with E-state index in [2.05, 4.69) is 23.4 Å². The lowest BCUT2D eigenvalue weighted by Gasteiger charge is -1.81. The molecule has 0 heterocycles. The Morgan fingerprint density at radius 1 is 0.923 bits per heavy atom. The highest BCUT2D eigenvalue weighted by Gasteiger charge is 1.79. The molecule has 0 aliphatic rings. The van der Waals surface area contributed by atoms with Crippen molar-refractivity contribution in [2.75, 3.05) is 0 Å². The van der Waals surface area contributed by atoms with Crippen LogP contribution in [-0.2, 0) is 0 Å². The monoisotopic (exact) mass is 188 g/mol. The third-order valence-corrected chi connectivity index (χ3v) is 0.936. The van der Waals surface area contributed by atoms with E-state index >= 15 is 0 Å². The molecule has 0 atom stereocenters. The van der Waals surface area contributed by atoms with Crippen molar-refractivity contribution in [3.8, 4) is 0 Å². The minimum absolute atomic E-state index is 0. The van der Waals surface area contributed by atoms with E-state index in [1.165, 1.54) is 0 Å². The van der Waals surface area contributed by atoms with E-state index in [0.29, 0.717) is 0 Å². The Hall–Kier alpha value is -1.31. The summed E-state index contributed by atoms with van der Waals surface area (Å²) in [7, 11) is 0. The van der Waals surface area contributed by atoms with Crippen LogP contribution in [0, 0.1) is 0 Å². The fourth-order valence-electron chi connectivity index (χ4n) is 0.532. The second-order valence-electron chi connectivity index (χ2n) is 1.53. The molecule has 0 aromatic heterocycles. The molecule has 10 N–H and O–H groups in total. The van der Waals surface area contributed by atoms with Crippen molar-refractivity contribution < 1.29 is 10.3 Å². The number of carbonyl (C=O) groups excluding carboxylic acids is 1. The van der Waals surface area contributed by atoms with Gasteiger partial charge in [0.1, 0.15) is 6.29 Å². The van der Waals surface area contributed by atoms with E-state index in [1.54, 1.807) is 12.1 Å². The quantitative estimate of drug-likeness (QED) is 0.235. The van der Waals surface area contributed by atoms with Crippen LogP contribution in [-0.4, -0.2) is 11.8 Å². The third kappa shape index (κ3) is 10.7. The van der Waals surface area contributed by atoms with Gasteiger partial charge < -0.3 is 5.48 Å². The van der Waals surface area contributed by atoms with Gasteiger partial charge in [-0.15, -0.1) is 0 Å². The maximum absolute atomic E-state index is 10.0. The third-order valence-electron chi connectivity index (χ3n) is 0.936. The Morgan fingerprint density at radius 2 is 1.31 bits per heavy atom. The fraction of sp³-hybridized carbons (Fsp3) is 0. The van der Waals surface area contributed by atoms with Gasteiger partial charge in [0.2, 0.25) is 0 Å². The highest BCUT2D eigenvalue weighted by Crippen LogP contribution is 1.91. The number of carbonyl (C=O) groups is 1. The van der Waals surface area contributed by atoms with Crippen molar-refractivity contribution in [1.29, 1.82) is 0 Å². The summed E-state index contributed by atoms with van der Waals surface area (Å²) in [6, 6.07) is 9.10. The van der Waals surface area contributed by atoms with Crippen LogP contribution in [0.1, 0.15) is 10.4 Å². The van der Waals surface area contributed by atoms with Crippen LogP contribution in [0.25, 0.3) is 0 Å². The Bertz CT molecular complexity index is 181. The summed E-state index contributed by atoms with van der Waals surface area (Å²) in [5, 5.41) is 0. The van der Waals surface area contributed by atoms with Crippen LogP contribution in [0.5, 0.6) is 0 Å². The smallest absolute Gasteiger partial charge is 0.150 e. The van der Waals surface area contributed by atoms with Crippen molar-refractivity contribution in [3.05, 3.63) is 35.9 Å². The first-order valence-electron chi connectivity index (χ1n) is 3.10. The predicted molar refractivity (Wildman–Crippen MR) is 52.2 cm³/mol. The molecule has 13 heavy (non-hydrogen) atoms. The summed E-state index contributed by atoms with van der Waals surface area (Å²) < 4.78 is 0. The van der Waals surface area contributed by atoms with Gasteiger partial charge in [-0.1, -0.05) is 30.3 Å². The Morgan fingerprint density at radius 3 is 1.54 bits per heavy atom. The number of hydrogen-bond donors (Lipinski definition) is 4. The maximum Gasteiger partial charge on any atom is 0.150 e. The summed E-state index contributed by atoms with van der Waals surface area (Å²) in [5.41, 5.74) is 0.729. The van der Waals surface area contributed by atoms with Crippen molar-refractivity contribution in [1.82, 2.24) is 0 Å². The summed E-state index contributed by atoms with van der Waals surface area (Å²) >= 11 is 0. The number of nitrogens with two attached hydrogens (primary N) is 4. The predicted octanol–water partition coefficient (Wildman–Crippen LogP) is -1.69. The maximum atomic E-state index is 10.0. The Kier molecular flexibility index (Phi) is 23.1. The van der Waals surface area contributed by atoms with Crippen molar-refractivity contribution in [3.63, 3.8) is 0 Å². The molecule has 0 spiro atoms. The molecule has 0 amide bonds. The summed E-state index contributed by atoms with van der Waals surface area (Å²) in [6.07, 6.45) is 0.833. The average Bonchev–Trinajstić information content (AvgIpc) is 2.25. The van der Waals surface area contributed by atoms with Gasteiger partial charge in [0.05, 0.1) is 0 Å². The minimum Gasteiger partial charge on any atom is -0.412 e. The van der Waals surface area contributed by atoms with Gasteiger partial charge in [-0.2, -0.15) is 0 Å². The van der Waals surface area contributed by atoms with Crippen LogP contribution >= 0.6 is 0 Å². The van der Waals surface area contributed by atoms with Crippen LogP contribution in [0.4, 0.5) is 0 Å². The molecule has 1 rings (SSSR count). The molecule has 0 aliphatic heterocycles. The number of hydrogen-bond acceptors (Lipinski definition) is 5. The van der Waals surface area contributed by atoms with E-state index in [-0.39, 0.29) is 5.48 Å². The molecule has 0 saturated heterocycles. The zero-order valence-corrected chi connectivity index (χ0v) is 7.18. The van der Waals surface area contributed by atoms with E-state index in [0.717, 1.165) is 11.8 Å². The van der Waals surface area contributed by atoms with Gasteiger partial charge in [-0.3, -0.25) is 28.2 Å². The molecular weight excluding hydrogens is 172 g/mol. The summed E-state index contributed by atoms with van der Waals surface area (Å²) in [6.45, 7) is 0. The number of aldehydes is 1. The lowest BCUT2D eigenvalue weighted by Crippen LogP contribution is -2.02. The van der Waals surface area contributed by atoms with E-state index in [4.69, 9.17) is 0 Å². The van der Waals surface area contributed by atoms with E-state index < -0.39 is 0 Å². The highest BCUT2D eigenvalue weighted by molar-refractivity contribution is 5.74. The molecule has 1 aromatic carbocycles. The SMILES string of the molecule is NN.NN.O.O=Cc1ccccc1. The van der Waals surface area contributed by atoms with Gasteiger partial charge in [-0.05, 0) is 0 Å². The molecule has 1 aromatic rings. The standard InChI is InChI=1S/C7H6O.2H4N2.H2O/c8-6-7-4-2-1-3-5-7;2*1-2;/h1-6H;2*1-2H2;1H2. The Balaban J connectivity index is -0.000000178. The molecule has 0 bridgehead atoms. The van der Waals surface area contributed by atoms with Gasteiger partial charge in [0, 0.05) is 5.56 Å². The minimum atomic E-state index is 0. The first-order valence-corrected chi connectivity index (χ1v) is 3.10. The molecule has 0 saturated carbocycles. The molecule has 0 aliphatic carbocycles. The van der Waals surface area contributed by atoms with Gasteiger partial charge >= 0.3 is 0 Å². The van der Waals surface area contributed by atoms with Crippen LogP contribution in [0.3, 0.4) is 0 Å². The fourth-order valence-corrected chi connectivity index (χ4v) is 0.532. The molecule has 76 valence electrons. The molecular formula is C7H16N4O2. The summed E-state index contributed by atoms with van der Waals surface area (Å²) in [4.78, 5) is 10.0. The topological polar surface area (TPSA) is 153 Å². The molecule has 6 heteroatoms. The Labute approximate surface area is 76.8 Å². The lowest BCUT2D eigenvalue weighted by molar-refractivity contribution is 0.112. The second kappa shape index (κ2) is 17.0. The van der Waals surface area contributed by atoms with E-state index in [1.807, 2.05) is 18.2 Å². The molecule has 6 nitrogen and oxygen atoms in total.